The topological polar surface area (TPSA) is 68.9 Å². The first-order chi connectivity index (χ1) is 11.2. The van der Waals surface area contributed by atoms with Crippen LogP contribution in [0.4, 0.5) is 5.69 Å². The van der Waals surface area contributed by atoms with Crippen molar-refractivity contribution in [2.24, 2.45) is 10.7 Å². The number of anilines is 1. The molecule has 0 saturated heterocycles. The van der Waals surface area contributed by atoms with Crippen molar-refractivity contribution in [1.82, 2.24) is 0 Å². The summed E-state index contributed by atoms with van der Waals surface area (Å²) in [5.74, 6) is 1.68. The highest BCUT2D eigenvalue weighted by Gasteiger charge is 2.05. The summed E-state index contributed by atoms with van der Waals surface area (Å²) in [6.45, 7) is 2.68. The number of ether oxygens (including phenoxy) is 2. The van der Waals surface area contributed by atoms with Gasteiger partial charge in [-0.05, 0) is 29.7 Å². The van der Waals surface area contributed by atoms with Crippen molar-refractivity contribution < 1.29 is 9.47 Å². The number of nitrogens with zero attached hydrogens (tertiary/aromatic N) is 1. The Balaban J connectivity index is 2.08. The SMILES string of the molecule is CCc1ccccc1CN=C(N)Nc1ccc(OC)c(OC)c1. The Hall–Kier alpha value is -2.69. The summed E-state index contributed by atoms with van der Waals surface area (Å²) >= 11 is 0. The number of hydrogen-bond acceptors (Lipinski definition) is 3. The Bertz CT molecular complexity index is 684. The number of nitrogens with one attached hydrogen (secondary N) is 1. The van der Waals surface area contributed by atoms with Gasteiger partial charge in [0.25, 0.3) is 0 Å². The van der Waals surface area contributed by atoms with E-state index in [1.165, 1.54) is 11.1 Å². The predicted molar refractivity (Wildman–Crippen MR) is 94.3 cm³/mol. The number of benzene rings is 2. The minimum Gasteiger partial charge on any atom is -0.493 e. The third-order valence-corrected chi connectivity index (χ3v) is 3.57. The molecule has 3 N–H and O–H groups in total. The lowest BCUT2D eigenvalue weighted by Gasteiger charge is -2.11. The molecule has 5 nitrogen and oxygen atoms in total. The van der Waals surface area contributed by atoms with Gasteiger partial charge in [-0.2, -0.15) is 0 Å². The molecule has 0 aliphatic rings. The first-order valence-electron chi connectivity index (χ1n) is 7.53. The summed E-state index contributed by atoms with van der Waals surface area (Å²) in [6, 6.07) is 13.7. The minimum atomic E-state index is 0.364. The van der Waals surface area contributed by atoms with Crippen LogP contribution in [0.1, 0.15) is 18.1 Å². The number of aliphatic imine (C=N–C) groups is 1. The maximum Gasteiger partial charge on any atom is 0.193 e. The zero-order valence-electron chi connectivity index (χ0n) is 13.8. The molecule has 0 radical (unpaired) electrons. The molecule has 0 bridgehead atoms. The summed E-state index contributed by atoms with van der Waals surface area (Å²) in [5, 5.41) is 3.07. The van der Waals surface area contributed by atoms with Crippen LogP contribution in [0.3, 0.4) is 0 Å². The maximum absolute atomic E-state index is 5.97. The van der Waals surface area contributed by atoms with Crippen molar-refractivity contribution >= 4 is 11.6 Å². The number of hydrogen-bond donors (Lipinski definition) is 2. The zero-order valence-corrected chi connectivity index (χ0v) is 13.8. The third-order valence-electron chi connectivity index (χ3n) is 3.57. The summed E-state index contributed by atoms with van der Waals surface area (Å²) in [6.07, 6.45) is 0.981. The van der Waals surface area contributed by atoms with Gasteiger partial charge in [-0.25, -0.2) is 4.99 Å². The molecule has 0 amide bonds. The van der Waals surface area contributed by atoms with Gasteiger partial charge in [0.1, 0.15) is 0 Å². The van der Waals surface area contributed by atoms with Crippen LogP contribution < -0.4 is 20.5 Å². The predicted octanol–water partition coefficient (Wildman–Crippen LogP) is 3.19. The van der Waals surface area contributed by atoms with Gasteiger partial charge in [0, 0.05) is 11.8 Å². The Morgan fingerprint density at radius 2 is 1.74 bits per heavy atom. The number of methoxy groups -OCH3 is 2. The Kier molecular flexibility index (Phi) is 5.86. The van der Waals surface area contributed by atoms with E-state index in [0.717, 1.165) is 12.1 Å². The highest BCUT2D eigenvalue weighted by atomic mass is 16.5. The van der Waals surface area contributed by atoms with Gasteiger partial charge < -0.3 is 20.5 Å². The maximum atomic E-state index is 5.97. The largest absolute Gasteiger partial charge is 0.493 e. The molecule has 0 aliphatic heterocycles. The molecule has 0 unspecified atom stereocenters. The molecule has 0 aromatic heterocycles. The molecule has 2 aromatic carbocycles. The Morgan fingerprint density at radius 3 is 2.39 bits per heavy atom. The molecule has 0 saturated carbocycles. The van der Waals surface area contributed by atoms with Crippen LogP contribution in [0, 0.1) is 0 Å². The van der Waals surface area contributed by atoms with Gasteiger partial charge in [-0.3, -0.25) is 0 Å². The Labute approximate surface area is 137 Å². The molecular weight excluding hydrogens is 290 g/mol. The van der Waals surface area contributed by atoms with Gasteiger partial charge >= 0.3 is 0 Å². The lowest BCUT2D eigenvalue weighted by atomic mass is 10.1. The van der Waals surface area contributed by atoms with Crippen molar-refractivity contribution in [3.05, 3.63) is 53.6 Å². The number of nitrogens with two attached hydrogens (primary N) is 1. The van der Waals surface area contributed by atoms with Crippen molar-refractivity contribution in [2.45, 2.75) is 19.9 Å². The average molecular weight is 313 g/mol. The van der Waals surface area contributed by atoms with E-state index >= 15 is 0 Å². The fourth-order valence-electron chi connectivity index (χ4n) is 2.33. The number of aryl methyl sites for hydroxylation is 1. The molecule has 5 heteroatoms. The monoisotopic (exact) mass is 313 g/mol. The fourth-order valence-corrected chi connectivity index (χ4v) is 2.33. The van der Waals surface area contributed by atoms with E-state index < -0.39 is 0 Å². The van der Waals surface area contributed by atoms with Crippen LogP contribution in [0.25, 0.3) is 0 Å². The lowest BCUT2D eigenvalue weighted by molar-refractivity contribution is 0.355. The molecule has 23 heavy (non-hydrogen) atoms. The third kappa shape index (κ3) is 4.39. The van der Waals surface area contributed by atoms with Crippen molar-refractivity contribution in [3.63, 3.8) is 0 Å². The van der Waals surface area contributed by atoms with Crippen LogP contribution in [0.2, 0.25) is 0 Å². The smallest absolute Gasteiger partial charge is 0.193 e. The molecule has 122 valence electrons. The summed E-state index contributed by atoms with van der Waals surface area (Å²) < 4.78 is 10.5. The van der Waals surface area contributed by atoms with Crippen molar-refractivity contribution in [2.75, 3.05) is 19.5 Å². The van der Waals surface area contributed by atoms with E-state index in [4.69, 9.17) is 15.2 Å². The normalized spacial score (nSPS) is 11.2. The van der Waals surface area contributed by atoms with E-state index in [1.54, 1.807) is 14.2 Å². The second-order valence-corrected chi connectivity index (χ2v) is 5.02. The van der Waals surface area contributed by atoms with E-state index in [-0.39, 0.29) is 0 Å². The van der Waals surface area contributed by atoms with Crippen LogP contribution in [-0.4, -0.2) is 20.2 Å². The van der Waals surface area contributed by atoms with Gasteiger partial charge in [0.05, 0.1) is 20.8 Å². The van der Waals surface area contributed by atoms with Gasteiger partial charge in [-0.15, -0.1) is 0 Å². The van der Waals surface area contributed by atoms with Gasteiger partial charge in [-0.1, -0.05) is 31.2 Å². The molecular formula is C18H23N3O2. The molecule has 0 aliphatic carbocycles. The molecule has 0 spiro atoms. The van der Waals surface area contributed by atoms with Gasteiger partial charge in [0.2, 0.25) is 0 Å². The number of guanidine groups is 1. The first-order valence-corrected chi connectivity index (χ1v) is 7.53. The van der Waals surface area contributed by atoms with Crippen LogP contribution >= 0.6 is 0 Å². The zero-order chi connectivity index (χ0) is 16.7. The molecule has 0 heterocycles. The molecule has 2 aromatic rings. The summed E-state index contributed by atoms with van der Waals surface area (Å²) in [7, 11) is 3.20. The van der Waals surface area contributed by atoms with E-state index in [9.17, 15) is 0 Å². The quantitative estimate of drug-likeness (QED) is 0.635. The summed E-state index contributed by atoms with van der Waals surface area (Å²) in [5.41, 5.74) is 9.25. The fraction of sp³-hybridized carbons (Fsp3) is 0.278. The standard InChI is InChI=1S/C18H23N3O2/c1-4-13-7-5-6-8-14(13)12-20-18(19)21-15-9-10-16(22-2)17(11-15)23-3/h5-11H,4,12H2,1-3H3,(H3,19,20,21). The Morgan fingerprint density at radius 1 is 1.04 bits per heavy atom. The molecule has 2 rings (SSSR count). The summed E-state index contributed by atoms with van der Waals surface area (Å²) in [4.78, 5) is 4.41. The van der Waals surface area contributed by atoms with Crippen LogP contribution in [-0.2, 0) is 13.0 Å². The van der Waals surface area contributed by atoms with E-state index in [1.807, 2.05) is 30.3 Å². The number of rotatable bonds is 6. The van der Waals surface area contributed by atoms with Crippen molar-refractivity contribution in [3.8, 4) is 11.5 Å². The van der Waals surface area contributed by atoms with Gasteiger partial charge in [0.15, 0.2) is 17.5 Å². The highest BCUT2D eigenvalue weighted by molar-refractivity contribution is 5.92. The van der Waals surface area contributed by atoms with E-state index in [0.29, 0.717) is 24.0 Å². The van der Waals surface area contributed by atoms with E-state index in [2.05, 4.69) is 29.4 Å². The highest BCUT2D eigenvalue weighted by Crippen LogP contribution is 2.29. The van der Waals surface area contributed by atoms with Crippen LogP contribution in [0.15, 0.2) is 47.5 Å². The van der Waals surface area contributed by atoms with Crippen molar-refractivity contribution in [1.29, 1.82) is 0 Å². The second-order valence-electron chi connectivity index (χ2n) is 5.02. The average Bonchev–Trinajstić information content (AvgIpc) is 2.60. The first kappa shape index (κ1) is 16.7. The second kappa shape index (κ2) is 8.08. The lowest BCUT2D eigenvalue weighted by Crippen LogP contribution is -2.22. The van der Waals surface area contributed by atoms with Crippen LogP contribution in [0.5, 0.6) is 11.5 Å². The minimum absolute atomic E-state index is 0.364. The molecule has 0 atom stereocenters. The molecule has 0 fully saturated rings.